The third kappa shape index (κ3) is 4.06. The second-order valence-corrected chi connectivity index (χ2v) is 9.86. The number of aromatic amines is 1. The van der Waals surface area contributed by atoms with Crippen LogP contribution in [0.5, 0.6) is 0 Å². The van der Waals surface area contributed by atoms with Gasteiger partial charge in [0.2, 0.25) is 0 Å². The van der Waals surface area contributed by atoms with Crippen LogP contribution in [0.1, 0.15) is 37.0 Å². The molecule has 1 aromatic heterocycles. The van der Waals surface area contributed by atoms with Crippen LogP contribution in [-0.2, 0) is 14.4 Å². The first-order chi connectivity index (χ1) is 16.6. The van der Waals surface area contributed by atoms with Crippen LogP contribution in [0.2, 0.25) is 0 Å². The number of aryl methyl sites for hydroxylation is 1. The van der Waals surface area contributed by atoms with Gasteiger partial charge in [-0.3, -0.25) is 14.4 Å². The van der Waals surface area contributed by atoms with Crippen LogP contribution in [0.3, 0.4) is 0 Å². The summed E-state index contributed by atoms with van der Waals surface area (Å²) in [5, 5.41) is 11.0. The van der Waals surface area contributed by atoms with Crippen molar-refractivity contribution >= 4 is 45.2 Å². The average molecular weight is 472 g/mol. The molecule has 0 unspecified atom stereocenters. The number of anilines is 1. The van der Waals surface area contributed by atoms with Gasteiger partial charge in [0.25, 0.3) is 5.91 Å². The lowest BCUT2D eigenvalue weighted by molar-refractivity contribution is -0.148. The van der Waals surface area contributed by atoms with Gasteiger partial charge in [-0.2, -0.15) is 0 Å². The summed E-state index contributed by atoms with van der Waals surface area (Å²) in [4.78, 5) is 45.6. The van der Waals surface area contributed by atoms with Crippen LogP contribution in [0.15, 0.2) is 48.7 Å². The van der Waals surface area contributed by atoms with Crippen LogP contribution in [0.25, 0.3) is 22.0 Å². The molecule has 0 atom stereocenters. The molecule has 3 aromatic rings. The molecule has 1 aliphatic carbocycles. The third-order valence-electron chi connectivity index (χ3n) is 6.93. The highest BCUT2D eigenvalue weighted by molar-refractivity contribution is 6.51. The monoisotopic (exact) mass is 471 g/mol. The van der Waals surface area contributed by atoms with Gasteiger partial charge in [0.1, 0.15) is 5.60 Å². The Bertz CT molecular complexity index is 1380. The van der Waals surface area contributed by atoms with Crippen molar-refractivity contribution in [2.24, 2.45) is 0 Å². The van der Waals surface area contributed by atoms with E-state index in [1.807, 2.05) is 55.6 Å². The summed E-state index contributed by atoms with van der Waals surface area (Å²) in [6.07, 6.45) is 1.69. The highest BCUT2D eigenvalue weighted by Crippen LogP contribution is 2.40. The highest BCUT2D eigenvalue weighted by atomic mass is 16.3. The predicted molar refractivity (Wildman–Crippen MR) is 136 cm³/mol. The molecule has 0 bridgehead atoms. The number of carbonyl (C=O) groups excluding carboxylic acids is 3. The quantitative estimate of drug-likeness (QED) is 0.569. The number of piperazine rings is 1. The molecular formula is C28H29N3O4. The van der Waals surface area contributed by atoms with Crippen LogP contribution in [0, 0.1) is 6.92 Å². The first-order valence-electron chi connectivity index (χ1n) is 11.9. The number of aliphatic hydroxyl groups is 1. The van der Waals surface area contributed by atoms with E-state index >= 15 is 0 Å². The number of benzene rings is 2. The Labute approximate surface area is 204 Å². The minimum atomic E-state index is -1.39. The predicted octanol–water partition coefficient (Wildman–Crippen LogP) is 3.35. The molecule has 1 amide bonds. The first-order valence-corrected chi connectivity index (χ1v) is 11.9. The Balaban J connectivity index is 1.51. The van der Waals surface area contributed by atoms with Crippen molar-refractivity contribution in [1.29, 1.82) is 0 Å². The molecule has 2 aromatic carbocycles. The number of aromatic nitrogens is 1. The van der Waals surface area contributed by atoms with E-state index in [0.717, 1.165) is 33.3 Å². The number of H-pyrrole nitrogens is 1. The molecule has 0 radical (unpaired) electrons. The Morgan fingerprint density at radius 2 is 1.60 bits per heavy atom. The standard InChI is InChI=1S/C28H29N3O4/c1-17-8-9-18(30-10-12-31(13-11-30)27(34)28(2,3)35)14-20(17)25-23(32)15-24(33)26(25)21-16-29-22-7-5-4-6-19(21)22/h4-9,14,16,29,35H,10-13,15H2,1-3H3. The van der Waals surface area contributed by atoms with E-state index in [-0.39, 0.29) is 23.9 Å². The average Bonchev–Trinajstić information content (AvgIpc) is 3.38. The molecule has 7 nitrogen and oxygen atoms in total. The third-order valence-corrected chi connectivity index (χ3v) is 6.93. The molecule has 7 heteroatoms. The van der Waals surface area contributed by atoms with Gasteiger partial charge in [-0.25, -0.2) is 0 Å². The van der Waals surface area contributed by atoms with Gasteiger partial charge in [0.15, 0.2) is 11.6 Å². The lowest BCUT2D eigenvalue weighted by Gasteiger charge is -2.38. The second kappa shape index (κ2) is 8.50. The molecule has 0 saturated carbocycles. The zero-order valence-electron chi connectivity index (χ0n) is 20.2. The summed E-state index contributed by atoms with van der Waals surface area (Å²) in [5.41, 5.74) is 3.90. The summed E-state index contributed by atoms with van der Waals surface area (Å²) >= 11 is 0. The molecular weight excluding hydrogens is 442 g/mol. The van der Waals surface area contributed by atoms with Crippen molar-refractivity contribution in [1.82, 2.24) is 9.88 Å². The molecule has 2 heterocycles. The number of allylic oxidation sites excluding steroid dienone is 2. The highest BCUT2D eigenvalue weighted by Gasteiger charge is 2.35. The first kappa shape index (κ1) is 23.1. The van der Waals surface area contributed by atoms with Crippen molar-refractivity contribution in [3.63, 3.8) is 0 Å². The molecule has 1 aliphatic heterocycles. The number of ketones is 2. The normalized spacial score (nSPS) is 17.1. The van der Waals surface area contributed by atoms with E-state index in [1.54, 1.807) is 4.90 Å². The van der Waals surface area contributed by atoms with Crippen molar-refractivity contribution in [3.05, 3.63) is 65.4 Å². The van der Waals surface area contributed by atoms with Crippen molar-refractivity contribution in [2.75, 3.05) is 31.1 Å². The Hall–Kier alpha value is -3.71. The Morgan fingerprint density at radius 1 is 0.943 bits per heavy atom. The van der Waals surface area contributed by atoms with Crippen LogP contribution in [0.4, 0.5) is 5.69 Å². The molecule has 1 fully saturated rings. The fraction of sp³-hybridized carbons (Fsp3) is 0.321. The van der Waals surface area contributed by atoms with Crippen LogP contribution >= 0.6 is 0 Å². The molecule has 2 aliphatic rings. The number of para-hydroxylation sites is 1. The largest absolute Gasteiger partial charge is 0.381 e. The molecule has 0 spiro atoms. The number of rotatable bonds is 4. The Morgan fingerprint density at radius 3 is 2.29 bits per heavy atom. The lowest BCUT2D eigenvalue weighted by Crippen LogP contribution is -2.54. The van der Waals surface area contributed by atoms with Gasteiger partial charge in [-0.05, 0) is 50.1 Å². The fourth-order valence-corrected chi connectivity index (χ4v) is 5.08. The van der Waals surface area contributed by atoms with E-state index in [9.17, 15) is 19.5 Å². The topological polar surface area (TPSA) is 93.7 Å². The zero-order chi connectivity index (χ0) is 24.9. The van der Waals surface area contributed by atoms with E-state index < -0.39 is 5.60 Å². The van der Waals surface area contributed by atoms with Crippen LogP contribution < -0.4 is 4.90 Å². The summed E-state index contributed by atoms with van der Waals surface area (Å²) < 4.78 is 0. The van der Waals surface area contributed by atoms with Gasteiger partial charge >= 0.3 is 0 Å². The van der Waals surface area contributed by atoms with E-state index in [1.165, 1.54) is 13.8 Å². The molecule has 180 valence electrons. The van der Waals surface area contributed by atoms with Crippen molar-refractivity contribution in [2.45, 2.75) is 32.8 Å². The van der Waals surface area contributed by atoms with Crippen molar-refractivity contribution in [3.8, 4) is 0 Å². The van der Waals surface area contributed by atoms with Crippen LogP contribution in [-0.4, -0.2) is 64.2 Å². The van der Waals surface area contributed by atoms with Gasteiger partial charge in [0, 0.05) is 65.7 Å². The van der Waals surface area contributed by atoms with Gasteiger partial charge < -0.3 is 19.9 Å². The SMILES string of the molecule is Cc1ccc(N2CCN(C(=O)C(C)(C)O)CC2)cc1C1=C(c2c[nH]c3ccccc23)C(=O)CC1=O. The number of amides is 1. The molecule has 1 saturated heterocycles. The lowest BCUT2D eigenvalue weighted by atomic mass is 9.92. The minimum absolute atomic E-state index is 0.119. The number of Topliss-reactive ketones (excluding diaryl/α,β-unsaturated/α-hetero) is 2. The van der Waals surface area contributed by atoms with Gasteiger partial charge in [-0.1, -0.05) is 24.3 Å². The van der Waals surface area contributed by atoms with Gasteiger partial charge in [0.05, 0.1) is 6.42 Å². The maximum atomic E-state index is 13.1. The molecule has 2 N–H and O–H groups in total. The smallest absolute Gasteiger partial charge is 0.254 e. The van der Waals surface area contributed by atoms with Crippen molar-refractivity contribution < 1.29 is 19.5 Å². The molecule has 5 rings (SSSR count). The number of hydrogen-bond acceptors (Lipinski definition) is 5. The van der Waals surface area contributed by atoms with Gasteiger partial charge in [-0.15, -0.1) is 0 Å². The van der Waals surface area contributed by atoms with E-state index in [0.29, 0.717) is 37.3 Å². The number of fused-ring (bicyclic) bond motifs is 1. The summed E-state index contributed by atoms with van der Waals surface area (Å²) in [6, 6.07) is 13.8. The maximum Gasteiger partial charge on any atom is 0.254 e. The maximum absolute atomic E-state index is 13.1. The fourth-order valence-electron chi connectivity index (χ4n) is 5.08. The second-order valence-electron chi connectivity index (χ2n) is 9.86. The summed E-state index contributed by atoms with van der Waals surface area (Å²) in [7, 11) is 0. The minimum Gasteiger partial charge on any atom is -0.381 e. The zero-order valence-corrected chi connectivity index (χ0v) is 20.2. The van der Waals surface area contributed by atoms with E-state index in [2.05, 4.69) is 9.88 Å². The van der Waals surface area contributed by atoms with E-state index in [4.69, 9.17) is 0 Å². The number of carbonyl (C=O) groups is 3. The number of nitrogens with zero attached hydrogens (tertiary/aromatic N) is 2. The number of hydrogen-bond donors (Lipinski definition) is 2. The summed E-state index contributed by atoms with van der Waals surface area (Å²) in [5.74, 6) is -0.584. The molecule has 35 heavy (non-hydrogen) atoms. The Kier molecular flexibility index (Phi) is 5.60. The number of nitrogens with one attached hydrogen (secondary N) is 1. The summed E-state index contributed by atoms with van der Waals surface area (Å²) in [6.45, 7) is 7.21.